The average Bonchev–Trinajstić information content (AvgIpc) is 2.73. The molecule has 0 saturated carbocycles. The highest BCUT2D eigenvalue weighted by Crippen LogP contribution is 2.21. The molecule has 0 radical (unpaired) electrons. The Labute approximate surface area is 103 Å². The maximum absolute atomic E-state index is 5.87. The molecule has 0 aliphatic carbocycles. The molecule has 0 aliphatic heterocycles. The van der Waals surface area contributed by atoms with Crippen molar-refractivity contribution >= 4 is 28.8 Å². The maximum atomic E-state index is 5.87. The quantitative estimate of drug-likeness (QED) is 0.659. The maximum Gasteiger partial charge on any atom is 0.125 e. The van der Waals surface area contributed by atoms with E-state index in [9.17, 15) is 0 Å². The van der Waals surface area contributed by atoms with Crippen molar-refractivity contribution in [1.82, 2.24) is 0 Å². The number of rotatable bonds is 3. The van der Waals surface area contributed by atoms with E-state index in [-0.39, 0.29) is 0 Å². The molecule has 0 bridgehead atoms. The molecule has 0 aliphatic rings. The van der Waals surface area contributed by atoms with E-state index in [1.54, 1.807) is 0 Å². The lowest BCUT2D eigenvalue weighted by atomic mass is 10.2. The van der Waals surface area contributed by atoms with Crippen LogP contribution in [0.2, 0.25) is 4.34 Å². The summed E-state index contributed by atoms with van der Waals surface area (Å²) in [6.07, 6.45) is 0. The van der Waals surface area contributed by atoms with E-state index in [4.69, 9.17) is 17.3 Å². The minimum atomic E-state index is 0.560. The van der Waals surface area contributed by atoms with E-state index in [0.29, 0.717) is 12.4 Å². The summed E-state index contributed by atoms with van der Waals surface area (Å²) in [5.74, 6) is 0.560. The fraction of sp³-hybridized carbons (Fsp3) is 0.0833. The van der Waals surface area contributed by atoms with E-state index < -0.39 is 0 Å². The molecule has 2 aromatic rings. The molecule has 82 valence electrons. The molecule has 1 aromatic carbocycles. The van der Waals surface area contributed by atoms with Gasteiger partial charge in [-0.1, -0.05) is 41.9 Å². The smallest absolute Gasteiger partial charge is 0.125 e. The van der Waals surface area contributed by atoms with Crippen molar-refractivity contribution in [3.05, 3.63) is 57.2 Å². The molecule has 0 fully saturated rings. The Morgan fingerprint density at radius 2 is 1.94 bits per heavy atom. The SMILES string of the molecule is NC(=NCc1ccc(Cl)s1)c1ccccc1. The molecule has 2 rings (SSSR count). The van der Waals surface area contributed by atoms with Gasteiger partial charge in [0.25, 0.3) is 0 Å². The Kier molecular flexibility index (Phi) is 3.59. The van der Waals surface area contributed by atoms with Crippen molar-refractivity contribution in [3.8, 4) is 0 Å². The van der Waals surface area contributed by atoms with Crippen LogP contribution in [0.4, 0.5) is 0 Å². The van der Waals surface area contributed by atoms with Gasteiger partial charge in [0, 0.05) is 10.4 Å². The van der Waals surface area contributed by atoms with Crippen molar-refractivity contribution < 1.29 is 0 Å². The second-order valence-electron chi connectivity index (χ2n) is 3.27. The standard InChI is InChI=1S/C12H11ClN2S/c13-11-7-6-10(16-11)8-15-12(14)9-4-2-1-3-5-9/h1-7H,8H2,(H2,14,15). The van der Waals surface area contributed by atoms with Gasteiger partial charge in [-0.25, -0.2) is 0 Å². The van der Waals surface area contributed by atoms with Gasteiger partial charge < -0.3 is 5.73 Å². The normalized spacial score (nSPS) is 11.7. The topological polar surface area (TPSA) is 38.4 Å². The molecule has 0 unspecified atom stereocenters. The van der Waals surface area contributed by atoms with Crippen molar-refractivity contribution in [1.29, 1.82) is 0 Å². The Bertz CT molecular complexity index is 491. The summed E-state index contributed by atoms with van der Waals surface area (Å²) >= 11 is 7.36. The number of halogens is 1. The van der Waals surface area contributed by atoms with Crippen molar-refractivity contribution in [3.63, 3.8) is 0 Å². The van der Waals surface area contributed by atoms with Crippen molar-refractivity contribution in [2.75, 3.05) is 0 Å². The molecule has 4 heteroatoms. The number of aliphatic imine (C=N–C) groups is 1. The number of nitrogens with two attached hydrogens (primary N) is 1. The predicted octanol–water partition coefficient (Wildman–Crippen LogP) is 3.31. The molecular formula is C12H11ClN2S. The molecule has 2 nitrogen and oxygen atoms in total. The van der Waals surface area contributed by atoms with Gasteiger partial charge >= 0.3 is 0 Å². The van der Waals surface area contributed by atoms with Crippen LogP contribution in [-0.2, 0) is 6.54 Å². The highest BCUT2D eigenvalue weighted by atomic mass is 35.5. The first-order valence-electron chi connectivity index (χ1n) is 4.85. The van der Waals surface area contributed by atoms with E-state index in [2.05, 4.69) is 4.99 Å². The van der Waals surface area contributed by atoms with Crippen LogP contribution < -0.4 is 5.73 Å². The number of benzene rings is 1. The summed E-state index contributed by atoms with van der Waals surface area (Å²) in [5, 5.41) is 0. The summed E-state index contributed by atoms with van der Waals surface area (Å²) in [4.78, 5) is 5.44. The minimum absolute atomic E-state index is 0.560. The van der Waals surface area contributed by atoms with E-state index in [0.717, 1.165) is 14.8 Å². The average molecular weight is 251 g/mol. The first-order valence-corrected chi connectivity index (χ1v) is 6.05. The monoisotopic (exact) mass is 250 g/mol. The predicted molar refractivity (Wildman–Crippen MR) is 70.2 cm³/mol. The minimum Gasteiger partial charge on any atom is -0.383 e. The van der Waals surface area contributed by atoms with E-state index >= 15 is 0 Å². The highest BCUT2D eigenvalue weighted by Gasteiger charge is 1.99. The molecule has 0 amide bonds. The van der Waals surface area contributed by atoms with E-state index in [1.807, 2.05) is 42.5 Å². The number of hydrogen-bond donors (Lipinski definition) is 1. The lowest BCUT2D eigenvalue weighted by Gasteiger charge is -1.99. The number of hydrogen-bond acceptors (Lipinski definition) is 2. The molecule has 1 aromatic heterocycles. The zero-order chi connectivity index (χ0) is 11.4. The number of amidine groups is 1. The lowest BCUT2D eigenvalue weighted by molar-refractivity contribution is 1.09. The molecular weight excluding hydrogens is 240 g/mol. The summed E-state index contributed by atoms with van der Waals surface area (Å²) in [5.41, 5.74) is 6.82. The molecule has 0 saturated heterocycles. The van der Waals surface area contributed by atoms with Gasteiger partial charge in [0.05, 0.1) is 10.9 Å². The third kappa shape index (κ3) is 2.84. The van der Waals surface area contributed by atoms with Crippen molar-refractivity contribution in [2.24, 2.45) is 10.7 Å². The van der Waals surface area contributed by atoms with Crippen LogP contribution in [0.15, 0.2) is 47.5 Å². The van der Waals surface area contributed by atoms with Crippen molar-refractivity contribution in [2.45, 2.75) is 6.54 Å². The number of thiophene rings is 1. The molecule has 2 N–H and O–H groups in total. The van der Waals surface area contributed by atoms with Gasteiger partial charge in [0.15, 0.2) is 0 Å². The lowest BCUT2D eigenvalue weighted by Crippen LogP contribution is -2.13. The Balaban J connectivity index is 2.08. The first kappa shape index (κ1) is 11.2. The third-order valence-corrected chi connectivity index (χ3v) is 3.32. The second kappa shape index (κ2) is 5.14. The van der Waals surface area contributed by atoms with Crippen LogP contribution in [0.1, 0.15) is 10.4 Å². The van der Waals surface area contributed by atoms with E-state index in [1.165, 1.54) is 11.3 Å². The zero-order valence-corrected chi connectivity index (χ0v) is 10.1. The van der Waals surface area contributed by atoms with Gasteiger partial charge in [-0.2, -0.15) is 0 Å². The number of nitrogens with zero attached hydrogens (tertiary/aromatic N) is 1. The fourth-order valence-corrected chi connectivity index (χ4v) is 2.31. The van der Waals surface area contributed by atoms with Gasteiger partial charge in [0.1, 0.15) is 5.84 Å². The van der Waals surface area contributed by atoms with Crippen LogP contribution in [0, 0.1) is 0 Å². The summed E-state index contributed by atoms with van der Waals surface area (Å²) < 4.78 is 0.781. The molecule has 0 atom stereocenters. The van der Waals surface area contributed by atoms with Crippen LogP contribution in [-0.4, -0.2) is 5.84 Å². The van der Waals surface area contributed by atoms with Gasteiger partial charge in [0.2, 0.25) is 0 Å². The summed E-state index contributed by atoms with van der Waals surface area (Å²) in [7, 11) is 0. The molecule has 16 heavy (non-hydrogen) atoms. The van der Waals surface area contributed by atoms with Gasteiger partial charge in [-0.3, -0.25) is 4.99 Å². The zero-order valence-electron chi connectivity index (χ0n) is 8.56. The third-order valence-electron chi connectivity index (χ3n) is 2.10. The summed E-state index contributed by atoms with van der Waals surface area (Å²) in [6, 6.07) is 13.6. The Hall–Kier alpha value is -1.32. The van der Waals surface area contributed by atoms with Crippen LogP contribution in [0.5, 0.6) is 0 Å². The molecule has 0 spiro atoms. The second-order valence-corrected chi connectivity index (χ2v) is 5.07. The summed E-state index contributed by atoms with van der Waals surface area (Å²) in [6.45, 7) is 0.581. The molecule has 1 heterocycles. The van der Waals surface area contributed by atoms with Gasteiger partial charge in [-0.15, -0.1) is 11.3 Å². The highest BCUT2D eigenvalue weighted by molar-refractivity contribution is 7.16. The van der Waals surface area contributed by atoms with Crippen LogP contribution in [0.25, 0.3) is 0 Å². The van der Waals surface area contributed by atoms with Crippen LogP contribution in [0.3, 0.4) is 0 Å². The van der Waals surface area contributed by atoms with Gasteiger partial charge in [-0.05, 0) is 12.1 Å². The fourth-order valence-electron chi connectivity index (χ4n) is 1.30. The Morgan fingerprint density at radius 1 is 1.19 bits per heavy atom. The first-order chi connectivity index (χ1) is 7.75. The largest absolute Gasteiger partial charge is 0.383 e. The Morgan fingerprint density at radius 3 is 2.56 bits per heavy atom. The van der Waals surface area contributed by atoms with Crippen LogP contribution >= 0.6 is 22.9 Å².